The third-order valence-corrected chi connectivity index (χ3v) is 4.53. The Balaban J connectivity index is 1.70. The first kappa shape index (κ1) is 17.2. The number of aryl methyl sites for hydroxylation is 2. The summed E-state index contributed by atoms with van der Waals surface area (Å²) in [6.45, 7) is 4.01. The maximum Gasteiger partial charge on any atom is 0.257 e. The molecule has 2 aromatic heterocycles. The summed E-state index contributed by atoms with van der Waals surface area (Å²) in [6.07, 6.45) is 3.11. The van der Waals surface area contributed by atoms with Gasteiger partial charge in [0.05, 0.1) is 16.3 Å². The molecule has 5 nitrogen and oxygen atoms in total. The molecule has 4 rings (SSSR count). The number of pyridine rings is 1. The van der Waals surface area contributed by atoms with Gasteiger partial charge in [0.2, 0.25) is 5.89 Å². The van der Waals surface area contributed by atoms with Crippen LogP contribution < -0.4 is 5.32 Å². The minimum Gasteiger partial charge on any atom is -0.436 e. The van der Waals surface area contributed by atoms with Gasteiger partial charge in [-0.1, -0.05) is 17.7 Å². The number of nitrogens with zero attached hydrogens (tertiary/aromatic N) is 2. The van der Waals surface area contributed by atoms with Gasteiger partial charge < -0.3 is 9.73 Å². The van der Waals surface area contributed by atoms with Gasteiger partial charge in [-0.3, -0.25) is 9.78 Å². The summed E-state index contributed by atoms with van der Waals surface area (Å²) in [5.74, 6) is 0.193. The van der Waals surface area contributed by atoms with E-state index in [1.54, 1.807) is 30.5 Å². The van der Waals surface area contributed by atoms with E-state index in [0.717, 1.165) is 27.8 Å². The lowest BCUT2D eigenvalue weighted by Crippen LogP contribution is -2.12. The smallest absolute Gasteiger partial charge is 0.257 e. The second-order valence-electron chi connectivity index (χ2n) is 6.34. The highest BCUT2D eigenvalue weighted by atomic mass is 35.5. The number of carbonyl (C=O) groups excluding carboxylic acids is 1. The number of hydrogen-bond donors (Lipinski definition) is 1. The number of aromatic nitrogens is 2. The fraction of sp³-hybridized carbons (Fsp3) is 0.0952. The molecule has 0 aliphatic heterocycles. The van der Waals surface area contributed by atoms with E-state index in [1.165, 1.54) is 6.20 Å². The summed E-state index contributed by atoms with van der Waals surface area (Å²) in [4.78, 5) is 20.9. The van der Waals surface area contributed by atoms with E-state index in [-0.39, 0.29) is 5.91 Å². The van der Waals surface area contributed by atoms with E-state index < -0.39 is 0 Å². The predicted molar refractivity (Wildman–Crippen MR) is 106 cm³/mol. The molecule has 0 saturated heterocycles. The Morgan fingerprint density at radius 1 is 1.15 bits per heavy atom. The minimum atomic E-state index is -0.286. The number of rotatable bonds is 3. The molecule has 27 heavy (non-hydrogen) atoms. The normalized spacial score (nSPS) is 10.9. The molecule has 6 heteroatoms. The number of carbonyl (C=O) groups is 1. The zero-order valence-electron chi connectivity index (χ0n) is 14.8. The largest absolute Gasteiger partial charge is 0.436 e. The van der Waals surface area contributed by atoms with Gasteiger partial charge in [0, 0.05) is 18.0 Å². The molecule has 0 aliphatic rings. The third-order valence-electron chi connectivity index (χ3n) is 4.21. The monoisotopic (exact) mass is 377 g/mol. The van der Waals surface area contributed by atoms with E-state index in [4.69, 9.17) is 16.0 Å². The van der Waals surface area contributed by atoms with E-state index in [2.05, 4.69) is 21.4 Å². The minimum absolute atomic E-state index is 0.286. The van der Waals surface area contributed by atoms with Crippen molar-refractivity contribution in [1.29, 1.82) is 0 Å². The highest BCUT2D eigenvalue weighted by molar-refractivity contribution is 6.34. The maximum atomic E-state index is 12.4. The average molecular weight is 378 g/mol. The van der Waals surface area contributed by atoms with E-state index in [9.17, 15) is 4.79 Å². The van der Waals surface area contributed by atoms with Crippen LogP contribution in [0, 0.1) is 13.8 Å². The molecule has 0 fully saturated rings. The van der Waals surface area contributed by atoms with Gasteiger partial charge in [0.15, 0.2) is 5.58 Å². The molecule has 0 unspecified atom stereocenters. The molecule has 134 valence electrons. The molecule has 4 aromatic rings. The van der Waals surface area contributed by atoms with Crippen LogP contribution in [0.15, 0.2) is 59.3 Å². The van der Waals surface area contributed by atoms with Gasteiger partial charge in [-0.2, -0.15) is 0 Å². The molecule has 0 saturated carbocycles. The first-order valence-electron chi connectivity index (χ1n) is 8.40. The van der Waals surface area contributed by atoms with Crippen molar-refractivity contribution in [3.05, 3.63) is 76.6 Å². The number of nitrogens with one attached hydrogen (secondary N) is 1. The van der Waals surface area contributed by atoms with Crippen molar-refractivity contribution in [2.45, 2.75) is 13.8 Å². The van der Waals surface area contributed by atoms with Crippen molar-refractivity contribution >= 4 is 34.3 Å². The van der Waals surface area contributed by atoms with Crippen LogP contribution in [0.25, 0.3) is 22.6 Å². The summed E-state index contributed by atoms with van der Waals surface area (Å²) in [5.41, 5.74) is 5.38. The van der Waals surface area contributed by atoms with Crippen LogP contribution >= 0.6 is 11.6 Å². The Kier molecular flexibility index (Phi) is 4.38. The standard InChI is InChI=1S/C21H16ClN3O2/c1-12-8-13(2)19-18(9-12)25-21(27-19)14-5-6-16(22)17(10-14)24-20(26)15-4-3-7-23-11-15/h3-11H,1-2H3,(H,24,26). The fourth-order valence-corrected chi connectivity index (χ4v) is 3.11. The number of halogens is 1. The van der Waals surface area contributed by atoms with Crippen LogP contribution in [0.5, 0.6) is 0 Å². The van der Waals surface area contributed by atoms with Crippen molar-refractivity contribution in [3.8, 4) is 11.5 Å². The van der Waals surface area contributed by atoms with Crippen LogP contribution in [-0.4, -0.2) is 15.9 Å². The van der Waals surface area contributed by atoms with Gasteiger partial charge in [-0.15, -0.1) is 0 Å². The van der Waals surface area contributed by atoms with Crippen molar-refractivity contribution in [2.75, 3.05) is 5.32 Å². The molecule has 0 aliphatic carbocycles. The second-order valence-corrected chi connectivity index (χ2v) is 6.75. The average Bonchev–Trinajstić information content (AvgIpc) is 3.08. The Morgan fingerprint density at radius 3 is 2.78 bits per heavy atom. The lowest BCUT2D eigenvalue weighted by atomic mass is 10.1. The van der Waals surface area contributed by atoms with Crippen LogP contribution in [0.3, 0.4) is 0 Å². The molecule has 0 spiro atoms. The molecule has 0 atom stereocenters. The van der Waals surface area contributed by atoms with E-state index in [0.29, 0.717) is 22.2 Å². The molecule has 2 heterocycles. The fourth-order valence-electron chi connectivity index (χ4n) is 2.95. The summed E-state index contributed by atoms with van der Waals surface area (Å²) in [5, 5.41) is 3.24. The molecule has 1 amide bonds. The molecule has 1 N–H and O–H groups in total. The topological polar surface area (TPSA) is 68.0 Å². The van der Waals surface area contributed by atoms with Crippen molar-refractivity contribution in [2.24, 2.45) is 0 Å². The number of fused-ring (bicyclic) bond motifs is 1. The predicted octanol–water partition coefficient (Wildman–Crippen LogP) is 5.41. The maximum absolute atomic E-state index is 12.4. The molecular formula is C21H16ClN3O2. The SMILES string of the molecule is Cc1cc(C)c2oc(-c3ccc(Cl)c(NC(=O)c4cccnc4)c3)nc2c1. The molecule has 0 radical (unpaired) electrons. The number of anilines is 1. The second kappa shape index (κ2) is 6.85. The van der Waals surface area contributed by atoms with Gasteiger partial charge in [0.25, 0.3) is 5.91 Å². The number of benzene rings is 2. The summed E-state index contributed by atoms with van der Waals surface area (Å²) in [7, 11) is 0. The van der Waals surface area contributed by atoms with Gasteiger partial charge in [0.1, 0.15) is 5.52 Å². The van der Waals surface area contributed by atoms with Crippen LogP contribution in [0.2, 0.25) is 5.02 Å². The van der Waals surface area contributed by atoms with Crippen LogP contribution in [-0.2, 0) is 0 Å². The summed E-state index contributed by atoms with van der Waals surface area (Å²) >= 11 is 6.26. The summed E-state index contributed by atoms with van der Waals surface area (Å²) < 4.78 is 5.95. The lowest BCUT2D eigenvalue weighted by Gasteiger charge is -2.08. The highest BCUT2D eigenvalue weighted by Crippen LogP contribution is 2.32. The van der Waals surface area contributed by atoms with Crippen molar-refractivity contribution in [1.82, 2.24) is 9.97 Å². The Hall–Kier alpha value is -3.18. The van der Waals surface area contributed by atoms with Crippen LogP contribution in [0.4, 0.5) is 5.69 Å². The first-order valence-corrected chi connectivity index (χ1v) is 8.78. The first-order chi connectivity index (χ1) is 13.0. The molecular weight excluding hydrogens is 362 g/mol. The van der Waals surface area contributed by atoms with E-state index in [1.807, 2.05) is 26.0 Å². The zero-order valence-corrected chi connectivity index (χ0v) is 15.5. The summed E-state index contributed by atoms with van der Waals surface area (Å²) in [6, 6.07) is 12.7. The van der Waals surface area contributed by atoms with Crippen molar-refractivity contribution < 1.29 is 9.21 Å². The highest BCUT2D eigenvalue weighted by Gasteiger charge is 2.14. The number of oxazole rings is 1. The lowest BCUT2D eigenvalue weighted by molar-refractivity contribution is 0.102. The number of amides is 1. The Morgan fingerprint density at radius 2 is 2.00 bits per heavy atom. The van der Waals surface area contributed by atoms with E-state index >= 15 is 0 Å². The van der Waals surface area contributed by atoms with Gasteiger partial charge in [-0.25, -0.2) is 4.98 Å². The molecule has 0 bridgehead atoms. The van der Waals surface area contributed by atoms with Gasteiger partial charge >= 0.3 is 0 Å². The third kappa shape index (κ3) is 3.41. The van der Waals surface area contributed by atoms with Gasteiger partial charge in [-0.05, 0) is 61.4 Å². The number of hydrogen-bond acceptors (Lipinski definition) is 4. The van der Waals surface area contributed by atoms with Crippen molar-refractivity contribution in [3.63, 3.8) is 0 Å². The van der Waals surface area contributed by atoms with Crippen LogP contribution in [0.1, 0.15) is 21.5 Å². The zero-order chi connectivity index (χ0) is 19.0. The Bertz CT molecular complexity index is 1150. The molecule has 2 aromatic carbocycles. The quantitative estimate of drug-likeness (QED) is 0.518. The Labute approximate surface area is 161 Å².